The number of hydrogen-bond acceptors (Lipinski definition) is 6. The topological polar surface area (TPSA) is 78.9 Å². The highest BCUT2D eigenvalue weighted by atomic mass is 16.6. The number of hydrogen-bond donors (Lipinski definition) is 0. The van der Waals surface area contributed by atoms with Gasteiger partial charge in [-0.1, -0.05) is 6.92 Å². The molecule has 0 unspecified atom stereocenters. The molecule has 0 N–H and O–H groups in total. The highest BCUT2D eigenvalue weighted by molar-refractivity contribution is 5.86. The molecule has 6 nitrogen and oxygen atoms in total. The van der Waals surface area contributed by atoms with E-state index in [9.17, 15) is 14.4 Å². The van der Waals surface area contributed by atoms with Gasteiger partial charge in [-0.15, -0.1) is 0 Å². The molecule has 1 saturated heterocycles. The number of ether oxygens (including phenoxy) is 3. The molecule has 0 spiro atoms. The van der Waals surface area contributed by atoms with Crippen LogP contribution in [0, 0.1) is 11.8 Å². The van der Waals surface area contributed by atoms with Crippen LogP contribution in [-0.2, 0) is 28.6 Å². The van der Waals surface area contributed by atoms with Crippen LogP contribution in [-0.4, -0.2) is 42.6 Å². The molecule has 1 aliphatic heterocycles. The first-order chi connectivity index (χ1) is 9.38. The van der Waals surface area contributed by atoms with E-state index in [1.54, 1.807) is 0 Å². The summed E-state index contributed by atoms with van der Waals surface area (Å²) in [5, 5.41) is 0. The number of ketones is 1. The van der Waals surface area contributed by atoms with Crippen LogP contribution < -0.4 is 0 Å². The first-order valence-corrected chi connectivity index (χ1v) is 6.88. The maximum absolute atomic E-state index is 12.0. The molecule has 0 radical (unpaired) electrons. The van der Waals surface area contributed by atoms with Crippen LogP contribution >= 0.6 is 0 Å². The molecule has 0 aromatic rings. The van der Waals surface area contributed by atoms with Crippen molar-refractivity contribution in [3.8, 4) is 0 Å². The predicted octanol–water partition coefficient (Wildman–Crippen LogP) is 0.864. The van der Waals surface area contributed by atoms with Gasteiger partial charge in [-0.3, -0.25) is 14.4 Å². The van der Waals surface area contributed by atoms with E-state index in [1.165, 1.54) is 13.8 Å². The minimum atomic E-state index is -0.539. The van der Waals surface area contributed by atoms with E-state index in [-0.39, 0.29) is 30.3 Å². The van der Waals surface area contributed by atoms with Crippen molar-refractivity contribution < 1.29 is 28.6 Å². The van der Waals surface area contributed by atoms with Gasteiger partial charge >= 0.3 is 11.9 Å². The predicted molar refractivity (Wildman–Crippen MR) is 67.7 cm³/mol. The molecule has 5 atom stereocenters. The Kier molecular flexibility index (Phi) is 4.42. The SMILES string of the molecule is CC(=O)OC[C@H]1O[C@@H]2C[C@H](C)C(=O)[C@@H]2C[C@@H]1OC(C)=O. The normalized spacial score (nSPS) is 36.4. The molecule has 2 rings (SSSR count). The maximum atomic E-state index is 12.0. The van der Waals surface area contributed by atoms with Crippen LogP contribution in [0.3, 0.4) is 0 Å². The lowest BCUT2D eigenvalue weighted by atomic mass is 9.90. The number of Topliss-reactive ketones (excluding diaryl/α,β-unsaturated/α-hetero) is 1. The van der Waals surface area contributed by atoms with E-state index < -0.39 is 24.1 Å². The second-order valence-corrected chi connectivity index (χ2v) is 5.54. The van der Waals surface area contributed by atoms with E-state index in [0.717, 1.165) is 0 Å². The molecular weight excluding hydrogens is 264 g/mol. The first-order valence-electron chi connectivity index (χ1n) is 6.88. The highest BCUT2D eigenvalue weighted by Crippen LogP contribution is 2.39. The van der Waals surface area contributed by atoms with Gasteiger partial charge in [0, 0.05) is 25.7 Å². The molecule has 112 valence electrons. The van der Waals surface area contributed by atoms with Gasteiger partial charge in [0.15, 0.2) is 0 Å². The minimum absolute atomic E-state index is 0.0320. The molecule has 1 heterocycles. The highest BCUT2D eigenvalue weighted by Gasteiger charge is 2.49. The summed E-state index contributed by atoms with van der Waals surface area (Å²) in [5.41, 5.74) is 0. The van der Waals surface area contributed by atoms with Crippen LogP contribution in [0.4, 0.5) is 0 Å². The molecule has 1 aliphatic carbocycles. The second kappa shape index (κ2) is 5.91. The van der Waals surface area contributed by atoms with Crippen molar-refractivity contribution in [2.75, 3.05) is 6.61 Å². The zero-order valence-electron chi connectivity index (χ0n) is 12.0. The van der Waals surface area contributed by atoms with Gasteiger partial charge in [0.25, 0.3) is 0 Å². The van der Waals surface area contributed by atoms with Crippen molar-refractivity contribution in [3.63, 3.8) is 0 Å². The Bertz CT molecular complexity index is 418. The zero-order chi connectivity index (χ0) is 14.9. The molecule has 2 fully saturated rings. The molecule has 0 aromatic heterocycles. The number of esters is 2. The van der Waals surface area contributed by atoms with Gasteiger partial charge in [-0.05, 0) is 12.8 Å². The van der Waals surface area contributed by atoms with Crippen molar-refractivity contribution in [2.45, 2.75) is 51.9 Å². The Hall–Kier alpha value is -1.43. The van der Waals surface area contributed by atoms with E-state index in [4.69, 9.17) is 14.2 Å². The Morgan fingerprint density at radius 1 is 1.25 bits per heavy atom. The average Bonchev–Trinajstić information content (AvgIpc) is 2.62. The first kappa shape index (κ1) is 15.0. The Labute approximate surface area is 117 Å². The fraction of sp³-hybridized carbons (Fsp3) is 0.786. The monoisotopic (exact) mass is 284 g/mol. The number of carbonyl (C=O) groups excluding carboxylic acids is 3. The van der Waals surface area contributed by atoms with Crippen molar-refractivity contribution in [1.82, 2.24) is 0 Å². The zero-order valence-corrected chi connectivity index (χ0v) is 12.0. The van der Waals surface area contributed by atoms with Crippen molar-refractivity contribution >= 4 is 17.7 Å². The summed E-state index contributed by atoms with van der Waals surface area (Å²) in [7, 11) is 0. The fourth-order valence-corrected chi connectivity index (χ4v) is 2.99. The number of rotatable bonds is 3. The second-order valence-electron chi connectivity index (χ2n) is 5.54. The summed E-state index contributed by atoms with van der Waals surface area (Å²) in [6.07, 6.45) is -0.0824. The van der Waals surface area contributed by atoms with Crippen LogP contribution in [0.15, 0.2) is 0 Å². The number of fused-ring (bicyclic) bond motifs is 1. The van der Waals surface area contributed by atoms with Gasteiger partial charge in [0.05, 0.1) is 6.10 Å². The third kappa shape index (κ3) is 3.17. The van der Waals surface area contributed by atoms with E-state index in [2.05, 4.69) is 0 Å². The molecule has 20 heavy (non-hydrogen) atoms. The smallest absolute Gasteiger partial charge is 0.302 e. The molecule has 1 saturated carbocycles. The van der Waals surface area contributed by atoms with Gasteiger partial charge in [-0.2, -0.15) is 0 Å². The molecule has 0 aromatic carbocycles. The maximum Gasteiger partial charge on any atom is 0.302 e. The molecule has 2 aliphatic rings. The van der Waals surface area contributed by atoms with E-state index >= 15 is 0 Å². The third-order valence-electron chi connectivity index (χ3n) is 3.90. The average molecular weight is 284 g/mol. The van der Waals surface area contributed by atoms with Crippen LogP contribution in [0.5, 0.6) is 0 Å². The van der Waals surface area contributed by atoms with Crippen LogP contribution in [0.2, 0.25) is 0 Å². The minimum Gasteiger partial charge on any atom is -0.463 e. The molecule has 6 heteroatoms. The van der Waals surface area contributed by atoms with Gasteiger partial charge in [0.1, 0.15) is 24.6 Å². The lowest BCUT2D eigenvalue weighted by Gasteiger charge is -2.37. The fourth-order valence-electron chi connectivity index (χ4n) is 2.99. The lowest BCUT2D eigenvalue weighted by Crippen LogP contribution is -2.48. The molecule has 0 bridgehead atoms. The van der Waals surface area contributed by atoms with Crippen LogP contribution in [0.1, 0.15) is 33.6 Å². The summed E-state index contributed by atoms with van der Waals surface area (Å²) >= 11 is 0. The largest absolute Gasteiger partial charge is 0.463 e. The summed E-state index contributed by atoms with van der Waals surface area (Å²) in [6.45, 7) is 4.55. The van der Waals surface area contributed by atoms with E-state index in [1.807, 2.05) is 6.92 Å². The van der Waals surface area contributed by atoms with Gasteiger partial charge < -0.3 is 14.2 Å². The van der Waals surface area contributed by atoms with Crippen molar-refractivity contribution in [2.24, 2.45) is 11.8 Å². The van der Waals surface area contributed by atoms with Crippen LogP contribution in [0.25, 0.3) is 0 Å². The Morgan fingerprint density at radius 3 is 2.55 bits per heavy atom. The van der Waals surface area contributed by atoms with Crippen molar-refractivity contribution in [1.29, 1.82) is 0 Å². The quantitative estimate of drug-likeness (QED) is 0.715. The Balaban J connectivity index is 2.07. The Morgan fingerprint density at radius 2 is 1.95 bits per heavy atom. The number of carbonyl (C=O) groups is 3. The standard InChI is InChI=1S/C14H20O6/c1-7-4-11-10(14(7)17)5-12(19-9(3)16)13(20-11)6-18-8(2)15/h7,10-13H,4-6H2,1-3H3/t7-,10+,11+,12-,13+/m0/s1. The summed E-state index contributed by atoms with van der Waals surface area (Å²) < 4.78 is 16.0. The van der Waals surface area contributed by atoms with E-state index in [0.29, 0.717) is 12.8 Å². The molecular formula is C14H20O6. The van der Waals surface area contributed by atoms with Gasteiger partial charge in [-0.25, -0.2) is 0 Å². The molecule has 0 amide bonds. The summed E-state index contributed by atoms with van der Waals surface area (Å²) in [5.74, 6) is -0.923. The van der Waals surface area contributed by atoms with Gasteiger partial charge in [0.2, 0.25) is 0 Å². The summed E-state index contributed by atoms with van der Waals surface area (Å²) in [6, 6.07) is 0. The lowest BCUT2D eigenvalue weighted by molar-refractivity contribution is -0.188. The summed E-state index contributed by atoms with van der Waals surface area (Å²) in [4.78, 5) is 34.1. The van der Waals surface area contributed by atoms with Crippen molar-refractivity contribution in [3.05, 3.63) is 0 Å². The third-order valence-corrected chi connectivity index (χ3v) is 3.90.